The summed E-state index contributed by atoms with van der Waals surface area (Å²) in [4.78, 5) is 12.2. The Kier molecular flexibility index (Phi) is 3.34. The van der Waals surface area contributed by atoms with E-state index in [9.17, 15) is 13.2 Å². The van der Waals surface area contributed by atoms with E-state index in [1.165, 1.54) is 6.20 Å². The minimum atomic E-state index is -4.46. The molecule has 1 unspecified atom stereocenters. The van der Waals surface area contributed by atoms with Crippen LogP contribution in [0.25, 0.3) is 11.0 Å². The van der Waals surface area contributed by atoms with E-state index in [0.717, 1.165) is 6.20 Å². The Bertz CT molecular complexity index is 784. The second kappa shape index (κ2) is 5.05. The maximum Gasteiger partial charge on any atom is 0.443 e. The van der Waals surface area contributed by atoms with E-state index in [1.54, 1.807) is 18.2 Å². The first-order chi connectivity index (χ1) is 9.95. The van der Waals surface area contributed by atoms with Crippen molar-refractivity contribution in [3.8, 4) is 0 Å². The number of benzene rings is 1. The van der Waals surface area contributed by atoms with E-state index >= 15 is 0 Å². The lowest BCUT2D eigenvalue weighted by Crippen LogP contribution is -2.12. The quantitative estimate of drug-likeness (QED) is 0.789. The molecule has 0 spiro atoms. The van der Waals surface area contributed by atoms with E-state index < -0.39 is 17.2 Å². The fourth-order valence-electron chi connectivity index (χ4n) is 1.83. The summed E-state index contributed by atoms with van der Waals surface area (Å²) >= 11 is 0.519. The third kappa shape index (κ3) is 2.72. The van der Waals surface area contributed by atoms with Gasteiger partial charge in [-0.3, -0.25) is 4.98 Å². The van der Waals surface area contributed by atoms with Gasteiger partial charge in [0.15, 0.2) is 5.01 Å². The average Bonchev–Trinajstić information content (AvgIpc) is 2.96. The highest BCUT2D eigenvalue weighted by Crippen LogP contribution is 2.35. The molecule has 0 fully saturated rings. The topological polar surface area (TPSA) is 64.7 Å². The van der Waals surface area contributed by atoms with Gasteiger partial charge in [-0.25, -0.2) is 9.97 Å². The number of rotatable bonds is 2. The molecule has 2 aromatic heterocycles. The number of aromatic nitrogens is 3. The normalized spacial score (nSPS) is 13.5. The molecule has 8 heteroatoms. The van der Waals surface area contributed by atoms with Crippen LogP contribution in [-0.2, 0) is 6.18 Å². The third-order valence-corrected chi connectivity index (χ3v) is 3.98. The molecule has 0 bridgehead atoms. The Balaban J connectivity index is 1.96. The van der Waals surface area contributed by atoms with Crippen molar-refractivity contribution in [2.24, 2.45) is 5.73 Å². The van der Waals surface area contributed by atoms with Gasteiger partial charge in [0, 0.05) is 11.1 Å². The van der Waals surface area contributed by atoms with Crippen molar-refractivity contribution in [1.82, 2.24) is 15.0 Å². The van der Waals surface area contributed by atoms with Gasteiger partial charge in [-0.2, -0.15) is 13.2 Å². The van der Waals surface area contributed by atoms with Gasteiger partial charge in [-0.1, -0.05) is 12.1 Å². The number of para-hydroxylation sites is 2. The van der Waals surface area contributed by atoms with Crippen molar-refractivity contribution in [3.05, 3.63) is 52.2 Å². The molecule has 1 atom stereocenters. The molecule has 3 aromatic rings. The molecular weight excluding hydrogens is 301 g/mol. The Labute approximate surface area is 121 Å². The molecular formula is C13H9F3N4S. The summed E-state index contributed by atoms with van der Waals surface area (Å²) in [6.45, 7) is 0. The first kappa shape index (κ1) is 13.9. The molecule has 2 N–H and O–H groups in total. The highest BCUT2D eigenvalue weighted by molar-refractivity contribution is 7.11. The highest BCUT2D eigenvalue weighted by Gasteiger charge is 2.35. The van der Waals surface area contributed by atoms with Gasteiger partial charge in [0.05, 0.1) is 29.0 Å². The molecule has 0 aliphatic carbocycles. The molecule has 21 heavy (non-hydrogen) atoms. The zero-order chi connectivity index (χ0) is 15.0. The number of nitrogens with zero attached hydrogens (tertiary/aromatic N) is 3. The predicted molar refractivity (Wildman–Crippen MR) is 72.7 cm³/mol. The van der Waals surface area contributed by atoms with E-state index in [4.69, 9.17) is 5.73 Å². The maximum absolute atomic E-state index is 12.6. The molecule has 4 nitrogen and oxygen atoms in total. The van der Waals surface area contributed by atoms with Gasteiger partial charge in [0.25, 0.3) is 0 Å². The molecule has 108 valence electrons. The number of fused-ring (bicyclic) bond motifs is 1. The van der Waals surface area contributed by atoms with Gasteiger partial charge in [-0.05, 0) is 12.1 Å². The molecule has 1 aromatic carbocycles. The third-order valence-electron chi connectivity index (χ3n) is 2.86. The summed E-state index contributed by atoms with van der Waals surface area (Å²) < 4.78 is 37.7. The van der Waals surface area contributed by atoms with Gasteiger partial charge < -0.3 is 5.73 Å². The summed E-state index contributed by atoms with van der Waals surface area (Å²) in [7, 11) is 0. The fraction of sp³-hybridized carbons (Fsp3) is 0.154. The first-order valence-electron chi connectivity index (χ1n) is 5.95. The smallest absolute Gasteiger partial charge is 0.318 e. The van der Waals surface area contributed by atoms with Crippen molar-refractivity contribution in [3.63, 3.8) is 0 Å². The molecule has 0 amide bonds. The van der Waals surface area contributed by atoms with Crippen LogP contribution in [0.2, 0.25) is 0 Å². The second-order valence-electron chi connectivity index (χ2n) is 4.33. The van der Waals surface area contributed by atoms with Crippen molar-refractivity contribution >= 4 is 22.4 Å². The van der Waals surface area contributed by atoms with Crippen molar-refractivity contribution < 1.29 is 13.2 Å². The summed E-state index contributed by atoms with van der Waals surface area (Å²) in [6, 6.07) is 6.42. The predicted octanol–water partition coefficient (Wildman–Crippen LogP) is 3.15. The van der Waals surface area contributed by atoms with E-state index in [2.05, 4.69) is 15.0 Å². The van der Waals surface area contributed by atoms with E-state index in [0.29, 0.717) is 32.9 Å². The van der Waals surface area contributed by atoms with Crippen LogP contribution in [0.4, 0.5) is 13.2 Å². The van der Waals surface area contributed by atoms with Crippen LogP contribution in [0, 0.1) is 0 Å². The fourth-order valence-corrected chi connectivity index (χ4v) is 2.63. The molecule has 2 heterocycles. The molecule has 0 aliphatic rings. The Morgan fingerprint density at radius 2 is 1.76 bits per heavy atom. The SMILES string of the molecule is NC(c1cnc2ccccc2n1)c1cnc(C(F)(F)F)s1. The van der Waals surface area contributed by atoms with Crippen LogP contribution in [0.5, 0.6) is 0 Å². The first-order valence-corrected chi connectivity index (χ1v) is 6.77. The maximum atomic E-state index is 12.6. The van der Waals surface area contributed by atoms with Crippen LogP contribution >= 0.6 is 11.3 Å². The van der Waals surface area contributed by atoms with Gasteiger partial charge in [0.1, 0.15) is 0 Å². The summed E-state index contributed by atoms with van der Waals surface area (Å²) in [6.07, 6.45) is -1.85. The lowest BCUT2D eigenvalue weighted by atomic mass is 10.2. The summed E-state index contributed by atoms with van der Waals surface area (Å²) in [5, 5.41) is -0.915. The lowest BCUT2D eigenvalue weighted by molar-refractivity contribution is -0.137. The van der Waals surface area contributed by atoms with Gasteiger partial charge in [0.2, 0.25) is 0 Å². The highest BCUT2D eigenvalue weighted by atomic mass is 32.1. The number of hydrogen-bond acceptors (Lipinski definition) is 5. The van der Waals surface area contributed by atoms with Gasteiger partial charge in [-0.15, -0.1) is 11.3 Å². The number of hydrogen-bond donors (Lipinski definition) is 1. The zero-order valence-electron chi connectivity index (χ0n) is 10.5. The molecule has 0 saturated carbocycles. The van der Waals surface area contributed by atoms with Crippen LogP contribution in [0.15, 0.2) is 36.7 Å². The van der Waals surface area contributed by atoms with E-state index in [1.807, 2.05) is 6.07 Å². The number of alkyl halides is 3. The summed E-state index contributed by atoms with van der Waals surface area (Å²) in [5.41, 5.74) is 7.72. The molecule has 3 rings (SSSR count). The standard InChI is InChI=1S/C13H9F3N4S/c14-13(15,16)12-19-6-10(21-12)11(17)9-5-18-7-3-1-2-4-8(7)20-9/h1-6,11H,17H2. The Morgan fingerprint density at radius 3 is 2.43 bits per heavy atom. The van der Waals surface area contributed by atoms with Crippen LogP contribution in [0.1, 0.15) is 21.6 Å². The Morgan fingerprint density at radius 1 is 1.05 bits per heavy atom. The van der Waals surface area contributed by atoms with E-state index in [-0.39, 0.29) is 0 Å². The van der Waals surface area contributed by atoms with Crippen LogP contribution in [0.3, 0.4) is 0 Å². The largest absolute Gasteiger partial charge is 0.443 e. The minimum absolute atomic E-state index is 0.298. The number of halogens is 3. The monoisotopic (exact) mass is 310 g/mol. The van der Waals surface area contributed by atoms with Gasteiger partial charge >= 0.3 is 6.18 Å². The average molecular weight is 310 g/mol. The number of thiazole rings is 1. The zero-order valence-corrected chi connectivity index (χ0v) is 11.3. The van der Waals surface area contributed by atoms with Crippen LogP contribution in [-0.4, -0.2) is 15.0 Å². The molecule has 0 saturated heterocycles. The van der Waals surface area contributed by atoms with Crippen LogP contribution < -0.4 is 5.73 Å². The molecule has 0 radical (unpaired) electrons. The minimum Gasteiger partial charge on any atom is -0.318 e. The molecule has 0 aliphatic heterocycles. The summed E-state index contributed by atoms with van der Waals surface area (Å²) in [5.74, 6) is 0. The van der Waals surface area contributed by atoms with Crippen molar-refractivity contribution in [2.75, 3.05) is 0 Å². The van der Waals surface area contributed by atoms with Crippen molar-refractivity contribution in [1.29, 1.82) is 0 Å². The van der Waals surface area contributed by atoms with Crippen molar-refractivity contribution in [2.45, 2.75) is 12.2 Å². The second-order valence-corrected chi connectivity index (χ2v) is 5.39. The lowest BCUT2D eigenvalue weighted by Gasteiger charge is -2.08. The number of nitrogens with two attached hydrogens (primary N) is 1. The Hall–Kier alpha value is -2.06.